The maximum absolute atomic E-state index is 5.83. The molecule has 0 saturated carbocycles. The van der Waals surface area contributed by atoms with Gasteiger partial charge in [0.15, 0.2) is 5.75 Å². The van der Waals surface area contributed by atoms with Crippen LogP contribution in [0.25, 0.3) is 0 Å². The Morgan fingerprint density at radius 1 is 1.29 bits per heavy atom. The molecule has 0 heterocycles. The summed E-state index contributed by atoms with van der Waals surface area (Å²) < 4.78 is 5.23. The summed E-state index contributed by atoms with van der Waals surface area (Å²) in [4.78, 5) is 0. The average molecular weight is 355 g/mol. The third kappa shape index (κ3) is 2.87. The molecule has 0 atom stereocenters. The fraction of sp³-hybridized carbons (Fsp3) is 0. The van der Waals surface area contributed by atoms with Crippen molar-refractivity contribution in [3.8, 4) is 5.75 Å². The van der Waals surface area contributed by atoms with Crippen LogP contribution in [0.5, 0.6) is 5.75 Å². The minimum atomic E-state index is -0.175. The molecule has 0 spiro atoms. The number of ether oxygens (including phenoxy) is 1. The van der Waals surface area contributed by atoms with Gasteiger partial charge < -0.3 is 4.74 Å². The lowest BCUT2D eigenvalue weighted by atomic mass is 10.3. The lowest BCUT2D eigenvalue weighted by Crippen LogP contribution is -1.97. The quantitative estimate of drug-likeness (QED) is 0.292. The summed E-state index contributed by atoms with van der Waals surface area (Å²) in [6.07, 6.45) is 0. The predicted octanol–water partition coefficient (Wildman–Crippen LogP) is 5.31. The van der Waals surface area contributed by atoms with E-state index in [0.29, 0.717) is 14.5 Å². The van der Waals surface area contributed by atoms with Gasteiger partial charge in [-0.1, -0.05) is 34.8 Å². The highest BCUT2D eigenvalue weighted by atomic mass is 79.9. The van der Waals surface area contributed by atoms with Gasteiger partial charge in [-0.25, -0.2) is 0 Å². The lowest BCUT2D eigenvalue weighted by Gasteiger charge is -2.09. The van der Waals surface area contributed by atoms with Gasteiger partial charge in [0.05, 0.1) is 19.5 Å². The molecule has 0 radical (unpaired) electrons. The minimum Gasteiger partial charge on any atom is -0.433 e. The number of thiocarbonyl (C=S) groups is 1. The molecule has 14 heavy (non-hydrogen) atoms. The molecule has 76 valence electrons. The first-order chi connectivity index (χ1) is 6.43. The molecule has 1 nitrogen and oxygen atoms in total. The zero-order chi connectivity index (χ0) is 10.9. The summed E-state index contributed by atoms with van der Waals surface area (Å²) in [6, 6.07) is 1.45. The van der Waals surface area contributed by atoms with Crippen molar-refractivity contribution >= 4 is 79.1 Å². The number of hydrogen-bond donors (Lipinski definition) is 0. The third-order valence-electron chi connectivity index (χ3n) is 1.25. The molecule has 0 saturated heterocycles. The van der Waals surface area contributed by atoms with Crippen LogP contribution in [0.2, 0.25) is 15.1 Å². The van der Waals surface area contributed by atoms with Gasteiger partial charge in [0.25, 0.3) is 4.51 Å². The molecule has 1 aromatic rings. The summed E-state index contributed by atoms with van der Waals surface area (Å²) in [6.45, 7) is 0. The molecule has 0 aliphatic rings. The molecule has 0 N–H and O–H groups in total. The van der Waals surface area contributed by atoms with E-state index in [-0.39, 0.29) is 15.3 Å². The second-order valence-electron chi connectivity index (χ2n) is 2.14. The Bertz CT molecular complexity index is 396. The molecule has 0 fully saturated rings. The van der Waals surface area contributed by atoms with Gasteiger partial charge in [0.1, 0.15) is 0 Å². The molecule has 0 unspecified atom stereocenters. The molecular formula is C7HBrCl4OS. The maximum atomic E-state index is 5.83. The highest BCUT2D eigenvalue weighted by Gasteiger charge is 2.15. The van der Waals surface area contributed by atoms with E-state index in [0.717, 1.165) is 0 Å². The van der Waals surface area contributed by atoms with Gasteiger partial charge in [-0.15, -0.1) is 0 Å². The third-order valence-corrected chi connectivity index (χ3v) is 3.47. The highest BCUT2D eigenvalue weighted by Crippen LogP contribution is 2.42. The highest BCUT2D eigenvalue weighted by molar-refractivity contribution is 9.10. The fourth-order valence-electron chi connectivity index (χ4n) is 0.723. The Labute approximate surface area is 114 Å². The first-order valence-corrected chi connectivity index (χ1v) is 5.85. The SMILES string of the molecule is S=C(Cl)Oc1c(Cl)cc(Cl)c(Cl)c1Br. The number of halogens is 5. The van der Waals surface area contributed by atoms with Crippen LogP contribution in [0.3, 0.4) is 0 Å². The van der Waals surface area contributed by atoms with Crippen LogP contribution in [0.4, 0.5) is 0 Å². The Hall–Kier alpha value is 0.750. The summed E-state index contributed by atoms with van der Waals surface area (Å²) in [5.41, 5.74) is 0. The van der Waals surface area contributed by atoms with E-state index in [1.54, 1.807) is 0 Å². The van der Waals surface area contributed by atoms with Gasteiger partial charge >= 0.3 is 0 Å². The molecule has 7 heteroatoms. The van der Waals surface area contributed by atoms with E-state index in [2.05, 4.69) is 28.1 Å². The average Bonchev–Trinajstić information content (AvgIpc) is 2.09. The van der Waals surface area contributed by atoms with Crippen molar-refractivity contribution < 1.29 is 4.74 Å². The van der Waals surface area contributed by atoms with Crippen LogP contribution in [0, 0.1) is 0 Å². The van der Waals surface area contributed by atoms with Crippen molar-refractivity contribution in [2.45, 2.75) is 0 Å². The van der Waals surface area contributed by atoms with E-state index >= 15 is 0 Å². The fourth-order valence-corrected chi connectivity index (χ4v) is 2.26. The molecule has 0 aromatic heterocycles. The van der Waals surface area contributed by atoms with Crippen LogP contribution >= 0.6 is 74.6 Å². The van der Waals surface area contributed by atoms with Gasteiger partial charge in [-0.3, -0.25) is 0 Å². The summed E-state index contributed by atoms with van der Waals surface area (Å²) in [5, 5.41) is 0.879. The van der Waals surface area contributed by atoms with Gasteiger partial charge in [-0.05, 0) is 45.8 Å². The van der Waals surface area contributed by atoms with E-state index in [4.69, 9.17) is 51.1 Å². The number of rotatable bonds is 1. The normalized spacial score (nSPS) is 10.1. The standard InChI is InChI=1S/C7HBrCl4OS/c8-4-5(11)2(9)1-3(10)6(4)13-7(12)14/h1H. The molecule has 0 aliphatic heterocycles. The maximum Gasteiger partial charge on any atom is 0.261 e. The van der Waals surface area contributed by atoms with E-state index < -0.39 is 0 Å². The minimum absolute atomic E-state index is 0.175. The van der Waals surface area contributed by atoms with Crippen molar-refractivity contribution in [3.05, 3.63) is 25.6 Å². The molecule has 0 amide bonds. The predicted molar refractivity (Wildman–Crippen MR) is 68.3 cm³/mol. The summed E-state index contributed by atoms with van der Waals surface area (Å²) in [7, 11) is 0. The summed E-state index contributed by atoms with van der Waals surface area (Å²) in [5.74, 6) is 0.251. The van der Waals surface area contributed by atoms with Gasteiger partial charge in [0, 0.05) is 0 Å². The van der Waals surface area contributed by atoms with Crippen LogP contribution in [-0.4, -0.2) is 4.51 Å². The van der Waals surface area contributed by atoms with Crippen molar-refractivity contribution in [3.63, 3.8) is 0 Å². The zero-order valence-corrected chi connectivity index (χ0v) is 11.7. The molecule has 1 aromatic carbocycles. The van der Waals surface area contributed by atoms with Crippen LogP contribution < -0.4 is 4.74 Å². The second kappa shape index (κ2) is 5.19. The smallest absolute Gasteiger partial charge is 0.261 e. The van der Waals surface area contributed by atoms with Gasteiger partial charge in [-0.2, -0.15) is 0 Å². The Morgan fingerprint density at radius 2 is 1.86 bits per heavy atom. The van der Waals surface area contributed by atoms with Crippen molar-refractivity contribution in [2.24, 2.45) is 0 Å². The second-order valence-corrected chi connectivity index (χ2v) is 5.06. The molecule has 1 rings (SSSR count). The summed E-state index contributed by atoms with van der Waals surface area (Å²) >= 11 is 30.6. The zero-order valence-electron chi connectivity index (χ0n) is 6.28. The molecular weight excluding hydrogens is 354 g/mol. The van der Waals surface area contributed by atoms with E-state index in [1.807, 2.05) is 0 Å². The Balaban J connectivity index is 3.29. The van der Waals surface area contributed by atoms with Crippen molar-refractivity contribution in [1.29, 1.82) is 0 Å². The van der Waals surface area contributed by atoms with Gasteiger partial charge in [0.2, 0.25) is 0 Å². The topological polar surface area (TPSA) is 9.23 Å². The Morgan fingerprint density at radius 3 is 2.36 bits per heavy atom. The lowest BCUT2D eigenvalue weighted by molar-refractivity contribution is 0.574. The first kappa shape index (κ1) is 12.8. The van der Waals surface area contributed by atoms with E-state index in [9.17, 15) is 0 Å². The molecule has 0 aliphatic carbocycles. The molecule has 0 bridgehead atoms. The van der Waals surface area contributed by atoms with Crippen molar-refractivity contribution in [1.82, 2.24) is 0 Å². The largest absolute Gasteiger partial charge is 0.433 e. The van der Waals surface area contributed by atoms with Crippen molar-refractivity contribution in [2.75, 3.05) is 0 Å². The van der Waals surface area contributed by atoms with Crippen LogP contribution in [-0.2, 0) is 0 Å². The number of benzene rings is 1. The van der Waals surface area contributed by atoms with Crippen LogP contribution in [0.1, 0.15) is 0 Å². The Kier molecular flexibility index (Phi) is 4.75. The first-order valence-electron chi connectivity index (χ1n) is 3.13. The monoisotopic (exact) mass is 352 g/mol. The van der Waals surface area contributed by atoms with E-state index in [1.165, 1.54) is 6.07 Å². The number of hydrogen-bond acceptors (Lipinski definition) is 2. The van der Waals surface area contributed by atoms with Crippen LogP contribution in [0.15, 0.2) is 10.5 Å².